The molecule has 2 aromatic carbocycles. The molecular weight excluding hydrogens is 389 g/mol. The van der Waals surface area contributed by atoms with E-state index in [-0.39, 0.29) is 10.9 Å². The van der Waals surface area contributed by atoms with Crippen LogP contribution < -0.4 is 5.32 Å². The second-order valence-electron chi connectivity index (χ2n) is 7.28. The molecule has 1 saturated carbocycles. The summed E-state index contributed by atoms with van der Waals surface area (Å²) in [6.07, 6.45) is -3.84. The number of halogens is 4. The summed E-state index contributed by atoms with van der Waals surface area (Å²) < 4.78 is 39.9. The summed E-state index contributed by atoms with van der Waals surface area (Å²) in [5, 5.41) is 14.0. The lowest BCUT2D eigenvalue weighted by atomic mass is 9.62. The first-order valence-corrected chi connectivity index (χ1v) is 9.30. The Bertz CT molecular complexity index is 1000. The van der Waals surface area contributed by atoms with Crippen LogP contribution in [0, 0.1) is 0 Å². The fourth-order valence-corrected chi connectivity index (χ4v) is 4.04. The maximum atomic E-state index is 13.3. The number of benzene rings is 2. The topological polar surface area (TPSA) is 45.1 Å². The molecule has 1 heterocycles. The normalized spacial score (nSPS) is 22.1. The maximum Gasteiger partial charge on any atom is 0.433 e. The van der Waals surface area contributed by atoms with E-state index in [1.54, 1.807) is 6.07 Å². The van der Waals surface area contributed by atoms with Gasteiger partial charge in [-0.25, -0.2) is 4.98 Å². The predicted molar refractivity (Wildman–Crippen MR) is 104 cm³/mol. The number of anilines is 1. The summed E-state index contributed by atoms with van der Waals surface area (Å²) >= 11 is 6.05. The summed E-state index contributed by atoms with van der Waals surface area (Å²) in [5.41, 5.74) is 0.334. The highest BCUT2D eigenvalue weighted by atomic mass is 35.5. The number of rotatable bonds is 4. The van der Waals surface area contributed by atoms with E-state index in [0.717, 1.165) is 11.6 Å². The van der Waals surface area contributed by atoms with Crippen molar-refractivity contribution >= 4 is 28.2 Å². The SMILES string of the molecule is OC1CC(CNc2cc(C(F)(F)F)nc3ccc(Cl)cc23)(c2ccccc2)C1. The Balaban J connectivity index is 1.71. The van der Waals surface area contributed by atoms with E-state index in [9.17, 15) is 18.3 Å². The number of aliphatic hydroxyl groups is 1. The molecule has 0 amide bonds. The Morgan fingerprint density at radius 2 is 1.82 bits per heavy atom. The monoisotopic (exact) mass is 406 g/mol. The molecule has 28 heavy (non-hydrogen) atoms. The average Bonchev–Trinajstić information content (AvgIpc) is 2.64. The minimum Gasteiger partial charge on any atom is -0.393 e. The standard InChI is InChI=1S/C21H18ClF3N2O/c22-14-6-7-17-16(8-14)18(9-19(27-17)21(23,24)25)26-12-20(10-15(28)11-20)13-4-2-1-3-5-13/h1-9,15,28H,10-12H2,(H,26,27). The number of pyridine rings is 1. The molecule has 0 saturated heterocycles. The van der Waals surface area contributed by atoms with E-state index < -0.39 is 18.0 Å². The van der Waals surface area contributed by atoms with E-state index in [0.29, 0.717) is 35.5 Å². The number of fused-ring (bicyclic) bond motifs is 1. The van der Waals surface area contributed by atoms with Crippen molar-refractivity contribution in [3.63, 3.8) is 0 Å². The molecule has 3 nitrogen and oxygen atoms in total. The van der Waals surface area contributed by atoms with E-state index in [2.05, 4.69) is 10.3 Å². The number of aromatic nitrogens is 1. The molecule has 3 aromatic rings. The van der Waals surface area contributed by atoms with Gasteiger partial charge in [0.15, 0.2) is 0 Å². The third kappa shape index (κ3) is 3.54. The van der Waals surface area contributed by atoms with Crippen molar-refractivity contribution in [2.75, 3.05) is 11.9 Å². The van der Waals surface area contributed by atoms with Gasteiger partial charge in [0.1, 0.15) is 5.69 Å². The molecule has 7 heteroatoms. The van der Waals surface area contributed by atoms with Crippen LogP contribution >= 0.6 is 11.6 Å². The van der Waals surface area contributed by atoms with E-state index in [1.165, 1.54) is 12.1 Å². The van der Waals surface area contributed by atoms with Crippen LogP contribution in [0.1, 0.15) is 24.1 Å². The third-order valence-corrected chi connectivity index (χ3v) is 5.55. The summed E-state index contributed by atoms with van der Waals surface area (Å²) in [4.78, 5) is 3.73. The first kappa shape index (κ1) is 19.0. The molecule has 0 atom stereocenters. The highest BCUT2D eigenvalue weighted by molar-refractivity contribution is 6.31. The minimum absolute atomic E-state index is 0.226. The van der Waals surface area contributed by atoms with Gasteiger partial charge in [0, 0.05) is 28.1 Å². The van der Waals surface area contributed by atoms with Gasteiger partial charge in [-0.2, -0.15) is 13.2 Å². The van der Waals surface area contributed by atoms with Crippen LogP contribution in [-0.2, 0) is 11.6 Å². The molecule has 1 fully saturated rings. The maximum absolute atomic E-state index is 13.3. The Morgan fingerprint density at radius 1 is 1.11 bits per heavy atom. The predicted octanol–water partition coefficient (Wildman–Crippen LogP) is 5.41. The molecular formula is C21H18ClF3N2O. The van der Waals surface area contributed by atoms with Crippen molar-refractivity contribution in [3.8, 4) is 0 Å². The Labute approximate surface area is 165 Å². The van der Waals surface area contributed by atoms with Gasteiger partial charge in [0.05, 0.1) is 11.6 Å². The Morgan fingerprint density at radius 3 is 2.46 bits per heavy atom. The van der Waals surface area contributed by atoms with Crippen molar-refractivity contribution in [1.29, 1.82) is 0 Å². The van der Waals surface area contributed by atoms with Gasteiger partial charge < -0.3 is 10.4 Å². The minimum atomic E-state index is -4.55. The van der Waals surface area contributed by atoms with Gasteiger partial charge in [-0.05, 0) is 42.7 Å². The number of hydrogen-bond acceptors (Lipinski definition) is 3. The van der Waals surface area contributed by atoms with Crippen LogP contribution in [0.2, 0.25) is 5.02 Å². The lowest BCUT2D eigenvalue weighted by molar-refractivity contribution is -0.140. The number of alkyl halides is 3. The molecule has 0 radical (unpaired) electrons. The molecule has 146 valence electrons. The fourth-order valence-electron chi connectivity index (χ4n) is 3.87. The molecule has 2 N–H and O–H groups in total. The van der Waals surface area contributed by atoms with Crippen LogP contribution in [0.15, 0.2) is 54.6 Å². The van der Waals surface area contributed by atoms with Gasteiger partial charge in [-0.3, -0.25) is 0 Å². The molecule has 1 aromatic heterocycles. The average molecular weight is 407 g/mol. The van der Waals surface area contributed by atoms with Crippen LogP contribution in [0.4, 0.5) is 18.9 Å². The van der Waals surface area contributed by atoms with E-state index in [1.807, 2.05) is 30.3 Å². The molecule has 0 unspecified atom stereocenters. The highest BCUT2D eigenvalue weighted by Crippen LogP contribution is 2.44. The fraction of sp³-hybridized carbons (Fsp3) is 0.286. The van der Waals surface area contributed by atoms with Crippen LogP contribution in [0.5, 0.6) is 0 Å². The van der Waals surface area contributed by atoms with Gasteiger partial charge in [-0.1, -0.05) is 41.9 Å². The zero-order valence-corrected chi connectivity index (χ0v) is 15.6. The number of nitrogens with one attached hydrogen (secondary N) is 1. The van der Waals surface area contributed by atoms with E-state index in [4.69, 9.17) is 11.6 Å². The van der Waals surface area contributed by atoms with Crippen LogP contribution in [-0.4, -0.2) is 22.7 Å². The van der Waals surface area contributed by atoms with Gasteiger partial charge in [-0.15, -0.1) is 0 Å². The Kier molecular flexibility index (Phi) is 4.71. The number of hydrogen-bond donors (Lipinski definition) is 2. The highest BCUT2D eigenvalue weighted by Gasteiger charge is 2.44. The second-order valence-corrected chi connectivity index (χ2v) is 7.71. The lowest BCUT2D eigenvalue weighted by Crippen LogP contribution is -2.49. The summed E-state index contributed by atoms with van der Waals surface area (Å²) in [6, 6.07) is 15.4. The quantitative estimate of drug-likeness (QED) is 0.608. The molecule has 1 aliphatic rings. The third-order valence-electron chi connectivity index (χ3n) is 5.32. The van der Waals surface area contributed by atoms with Crippen molar-refractivity contribution in [2.24, 2.45) is 0 Å². The molecule has 0 spiro atoms. The van der Waals surface area contributed by atoms with Crippen LogP contribution in [0.3, 0.4) is 0 Å². The smallest absolute Gasteiger partial charge is 0.393 e. The molecule has 1 aliphatic carbocycles. The van der Waals surface area contributed by atoms with Gasteiger partial charge in [0.25, 0.3) is 0 Å². The number of aliphatic hydroxyl groups excluding tert-OH is 1. The number of nitrogens with zero attached hydrogens (tertiary/aromatic N) is 1. The molecule has 4 rings (SSSR count). The van der Waals surface area contributed by atoms with Crippen molar-refractivity contribution in [1.82, 2.24) is 4.98 Å². The first-order chi connectivity index (χ1) is 13.3. The first-order valence-electron chi connectivity index (χ1n) is 8.92. The van der Waals surface area contributed by atoms with Crippen LogP contribution in [0.25, 0.3) is 10.9 Å². The largest absolute Gasteiger partial charge is 0.433 e. The zero-order chi connectivity index (χ0) is 19.9. The summed E-state index contributed by atoms with van der Waals surface area (Å²) in [6.45, 7) is 0.400. The lowest BCUT2D eigenvalue weighted by Gasteiger charge is -2.46. The van der Waals surface area contributed by atoms with Crippen molar-refractivity contribution in [3.05, 3.63) is 70.9 Å². The molecule has 0 aliphatic heterocycles. The summed E-state index contributed by atoms with van der Waals surface area (Å²) in [5.74, 6) is 0. The zero-order valence-electron chi connectivity index (χ0n) is 14.8. The van der Waals surface area contributed by atoms with Gasteiger partial charge >= 0.3 is 6.18 Å². The van der Waals surface area contributed by atoms with Crippen molar-refractivity contribution in [2.45, 2.75) is 30.5 Å². The molecule has 0 bridgehead atoms. The Hall–Kier alpha value is -2.31. The van der Waals surface area contributed by atoms with Gasteiger partial charge in [0.2, 0.25) is 0 Å². The second kappa shape index (κ2) is 6.94. The van der Waals surface area contributed by atoms with E-state index >= 15 is 0 Å². The summed E-state index contributed by atoms with van der Waals surface area (Å²) in [7, 11) is 0. The van der Waals surface area contributed by atoms with Crippen molar-refractivity contribution < 1.29 is 18.3 Å².